The Labute approximate surface area is 108 Å². The number of hydrogen-bond donors (Lipinski definition) is 1. The largest absolute Gasteiger partial charge is 0.396 e. The number of aliphatic hydroxyl groups is 1. The fourth-order valence-corrected chi connectivity index (χ4v) is 1.97. The predicted molar refractivity (Wildman–Crippen MR) is 77.0 cm³/mol. The lowest BCUT2D eigenvalue weighted by atomic mass is 9.92. The molecule has 0 radical (unpaired) electrons. The van der Waals surface area contributed by atoms with E-state index in [-0.39, 0.29) is 12.5 Å². The summed E-state index contributed by atoms with van der Waals surface area (Å²) in [5.41, 5.74) is 3.50. The van der Waals surface area contributed by atoms with E-state index >= 15 is 0 Å². The third kappa shape index (κ3) is 3.08. The van der Waals surface area contributed by atoms with Crippen molar-refractivity contribution >= 4 is 11.6 Å². The average Bonchev–Trinajstić information content (AvgIpc) is 2.46. The smallest absolute Gasteiger partial charge is 0.0497 e. The van der Waals surface area contributed by atoms with Crippen LogP contribution < -0.4 is 0 Å². The molecule has 92 valence electrons. The van der Waals surface area contributed by atoms with Crippen molar-refractivity contribution in [1.82, 2.24) is 0 Å². The molecule has 0 fully saturated rings. The Balaban J connectivity index is 2.41. The summed E-state index contributed by atoms with van der Waals surface area (Å²) in [5.74, 6) is 0.132. The maximum Gasteiger partial charge on any atom is 0.0497 e. The molecule has 1 atom stereocenters. The summed E-state index contributed by atoms with van der Waals surface area (Å²) in [7, 11) is 0. The lowest BCUT2D eigenvalue weighted by Gasteiger charge is -2.14. The molecule has 0 saturated carbocycles. The molecule has 2 aromatic carbocycles. The zero-order valence-electron chi connectivity index (χ0n) is 10.6. The molecule has 0 aliphatic heterocycles. The summed E-state index contributed by atoms with van der Waals surface area (Å²) in [6.45, 7) is 2.20. The third-order valence-electron chi connectivity index (χ3n) is 3.03. The highest BCUT2D eigenvalue weighted by atomic mass is 16.3. The van der Waals surface area contributed by atoms with Crippen molar-refractivity contribution in [2.24, 2.45) is 5.92 Å². The second kappa shape index (κ2) is 6.18. The topological polar surface area (TPSA) is 20.2 Å². The molecule has 0 bridgehead atoms. The fourth-order valence-electron chi connectivity index (χ4n) is 1.97. The maximum atomic E-state index is 9.40. The van der Waals surface area contributed by atoms with Gasteiger partial charge in [-0.2, -0.15) is 0 Å². The van der Waals surface area contributed by atoms with Crippen LogP contribution in [0.5, 0.6) is 0 Å². The van der Waals surface area contributed by atoms with E-state index in [1.54, 1.807) is 0 Å². The van der Waals surface area contributed by atoms with Crippen LogP contribution in [0.4, 0.5) is 0 Å². The summed E-state index contributed by atoms with van der Waals surface area (Å²) < 4.78 is 0. The summed E-state index contributed by atoms with van der Waals surface area (Å²) in [6.07, 6.45) is 2.15. The van der Waals surface area contributed by atoms with Crippen LogP contribution in [0.2, 0.25) is 0 Å². The van der Waals surface area contributed by atoms with Crippen LogP contribution in [0.25, 0.3) is 11.6 Å². The highest BCUT2D eigenvalue weighted by Crippen LogP contribution is 2.25. The Kier molecular flexibility index (Phi) is 4.32. The quantitative estimate of drug-likeness (QED) is 0.802. The molecule has 0 spiro atoms. The Morgan fingerprint density at radius 3 is 2.11 bits per heavy atom. The summed E-state index contributed by atoms with van der Waals surface area (Å²) in [4.78, 5) is 0. The zero-order chi connectivity index (χ0) is 12.8. The van der Waals surface area contributed by atoms with E-state index < -0.39 is 0 Å². The molecule has 0 aliphatic rings. The SMILES string of the molecule is CC(CO)/C(=C\c1ccccc1)c1ccccc1. The van der Waals surface area contributed by atoms with Crippen molar-refractivity contribution in [3.8, 4) is 0 Å². The van der Waals surface area contributed by atoms with Gasteiger partial charge in [0.05, 0.1) is 0 Å². The Bertz CT molecular complexity index is 500. The standard InChI is InChI=1S/C17H18O/c1-14(13-18)17(16-10-6-3-7-11-16)12-15-8-4-2-5-9-15/h2-12,14,18H,13H2,1H3/b17-12+. The van der Waals surface area contributed by atoms with E-state index in [2.05, 4.69) is 30.3 Å². The van der Waals surface area contributed by atoms with Gasteiger partial charge in [-0.1, -0.05) is 73.7 Å². The van der Waals surface area contributed by atoms with Gasteiger partial charge >= 0.3 is 0 Å². The maximum absolute atomic E-state index is 9.40. The molecule has 2 rings (SSSR count). The van der Waals surface area contributed by atoms with E-state index in [0.717, 1.165) is 5.56 Å². The highest BCUT2D eigenvalue weighted by molar-refractivity contribution is 5.82. The summed E-state index contributed by atoms with van der Waals surface area (Å²) in [6, 6.07) is 20.4. The van der Waals surface area contributed by atoms with E-state index in [1.165, 1.54) is 11.1 Å². The van der Waals surface area contributed by atoms with Crippen molar-refractivity contribution in [2.75, 3.05) is 6.61 Å². The van der Waals surface area contributed by atoms with Gasteiger partial charge in [-0.05, 0) is 16.7 Å². The van der Waals surface area contributed by atoms with Crippen LogP contribution in [0.1, 0.15) is 18.1 Å². The second-order valence-corrected chi connectivity index (χ2v) is 4.46. The monoisotopic (exact) mass is 238 g/mol. The van der Waals surface area contributed by atoms with E-state index in [4.69, 9.17) is 0 Å². The van der Waals surface area contributed by atoms with Gasteiger partial charge in [0.1, 0.15) is 0 Å². The fraction of sp³-hybridized carbons (Fsp3) is 0.176. The Morgan fingerprint density at radius 2 is 1.56 bits per heavy atom. The highest BCUT2D eigenvalue weighted by Gasteiger charge is 2.09. The van der Waals surface area contributed by atoms with Crippen molar-refractivity contribution in [1.29, 1.82) is 0 Å². The molecule has 1 nitrogen and oxygen atoms in total. The lowest BCUT2D eigenvalue weighted by Crippen LogP contribution is -2.03. The van der Waals surface area contributed by atoms with Gasteiger partial charge in [0.15, 0.2) is 0 Å². The van der Waals surface area contributed by atoms with E-state index in [0.29, 0.717) is 0 Å². The minimum absolute atomic E-state index is 0.132. The van der Waals surface area contributed by atoms with Crippen LogP contribution in [-0.4, -0.2) is 11.7 Å². The molecule has 0 aliphatic carbocycles. The van der Waals surface area contributed by atoms with Gasteiger partial charge < -0.3 is 5.11 Å². The minimum atomic E-state index is 0.132. The van der Waals surface area contributed by atoms with Crippen molar-refractivity contribution < 1.29 is 5.11 Å². The average molecular weight is 238 g/mol. The number of aliphatic hydroxyl groups excluding tert-OH is 1. The van der Waals surface area contributed by atoms with Crippen LogP contribution >= 0.6 is 0 Å². The number of benzene rings is 2. The first-order chi connectivity index (χ1) is 8.81. The van der Waals surface area contributed by atoms with Crippen LogP contribution in [-0.2, 0) is 0 Å². The van der Waals surface area contributed by atoms with E-state index in [9.17, 15) is 5.11 Å². The molecule has 0 aromatic heterocycles. The molecule has 1 unspecified atom stereocenters. The van der Waals surface area contributed by atoms with Gasteiger partial charge in [-0.15, -0.1) is 0 Å². The first kappa shape index (κ1) is 12.6. The predicted octanol–water partition coefficient (Wildman–Crippen LogP) is 3.86. The molecular formula is C17H18O. The third-order valence-corrected chi connectivity index (χ3v) is 3.03. The Morgan fingerprint density at radius 1 is 1.00 bits per heavy atom. The lowest BCUT2D eigenvalue weighted by molar-refractivity contribution is 0.266. The molecule has 1 N–H and O–H groups in total. The molecule has 2 aromatic rings. The van der Waals surface area contributed by atoms with Gasteiger partial charge in [0.2, 0.25) is 0 Å². The van der Waals surface area contributed by atoms with Crippen LogP contribution in [0, 0.1) is 5.92 Å². The molecule has 0 amide bonds. The molecule has 18 heavy (non-hydrogen) atoms. The minimum Gasteiger partial charge on any atom is -0.396 e. The normalized spacial score (nSPS) is 13.3. The zero-order valence-corrected chi connectivity index (χ0v) is 10.6. The second-order valence-electron chi connectivity index (χ2n) is 4.46. The van der Waals surface area contributed by atoms with Crippen molar-refractivity contribution in [3.63, 3.8) is 0 Å². The summed E-state index contributed by atoms with van der Waals surface area (Å²) in [5, 5.41) is 9.40. The number of hydrogen-bond acceptors (Lipinski definition) is 1. The van der Waals surface area contributed by atoms with Gasteiger partial charge in [0, 0.05) is 12.5 Å². The Hall–Kier alpha value is -1.86. The molecule has 0 saturated heterocycles. The summed E-state index contributed by atoms with van der Waals surface area (Å²) >= 11 is 0. The molecule has 1 heteroatoms. The van der Waals surface area contributed by atoms with Gasteiger partial charge in [-0.25, -0.2) is 0 Å². The van der Waals surface area contributed by atoms with Crippen molar-refractivity contribution in [2.45, 2.75) is 6.92 Å². The molecular weight excluding hydrogens is 220 g/mol. The molecule has 0 heterocycles. The van der Waals surface area contributed by atoms with Crippen molar-refractivity contribution in [3.05, 3.63) is 71.8 Å². The van der Waals surface area contributed by atoms with Gasteiger partial charge in [-0.3, -0.25) is 0 Å². The van der Waals surface area contributed by atoms with E-state index in [1.807, 2.05) is 43.3 Å². The van der Waals surface area contributed by atoms with Crippen LogP contribution in [0.3, 0.4) is 0 Å². The van der Waals surface area contributed by atoms with Gasteiger partial charge in [0.25, 0.3) is 0 Å². The van der Waals surface area contributed by atoms with Crippen LogP contribution in [0.15, 0.2) is 60.7 Å². The number of rotatable bonds is 4. The first-order valence-corrected chi connectivity index (χ1v) is 6.24. The first-order valence-electron chi connectivity index (χ1n) is 6.24.